The number of hydrogen-bond donors (Lipinski definition) is 1. The zero-order chi connectivity index (χ0) is 21.0. The van der Waals surface area contributed by atoms with E-state index in [0.29, 0.717) is 16.8 Å². The number of H-pyrrole nitrogens is 1. The van der Waals surface area contributed by atoms with E-state index in [4.69, 9.17) is 4.74 Å². The highest BCUT2D eigenvalue weighted by Gasteiger charge is 2.31. The van der Waals surface area contributed by atoms with Crippen molar-refractivity contribution < 1.29 is 18.3 Å². The lowest BCUT2D eigenvalue weighted by molar-refractivity contribution is 0.0336. The van der Waals surface area contributed by atoms with Gasteiger partial charge in [0.25, 0.3) is 11.5 Å². The number of rotatable bonds is 2. The maximum absolute atomic E-state index is 14.0. The van der Waals surface area contributed by atoms with Crippen molar-refractivity contribution >= 4 is 22.2 Å². The van der Waals surface area contributed by atoms with Crippen molar-refractivity contribution in [2.45, 2.75) is 12.6 Å². The van der Waals surface area contributed by atoms with E-state index in [9.17, 15) is 18.4 Å². The quantitative estimate of drug-likeness (QED) is 0.552. The van der Waals surface area contributed by atoms with E-state index in [1.165, 1.54) is 4.90 Å². The third-order valence-corrected chi connectivity index (χ3v) is 5.58. The molecule has 0 fully saturated rings. The number of nitrogens with zero attached hydrogens (tertiary/aromatic N) is 2. The number of carbonyl (C=O) groups is 1. The van der Waals surface area contributed by atoms with Gasteiger partial charge in [-0.1, -0.05) is 6.07 Å². The van der Waals surface area contributed by atoms with E-state index in [0.717, 1.165) is 17.6 Å². The fraction of sp³-hybridized carbons (Fsp3) is 0.182. The Hall–Kier alpha value is -3.52. The van der Waals surface area contributed by atoms with Gasteiger partial charge in [-0.25, -0.2) is 8.78 Å². The summed E-state index contributed by atoms with van der Waals surface area (Å²) in [5.41, 5.74) is 1.86. The molecule has 0 spiro atoms. The Labute approximate surface area is 169 Å². The lowest BCUT2D eigenvalue weighted by Gasteiger charge is -2.33. The monoisotopic (exact) mass is 409 g/mol. The summed E-state index contributed by atoms with van der Waals surface area (Å²) in [5, 5.41) is 0.317. The second-order valence-corrected chi connectivity index (χ2v) is 7.37. The minimum Gasteiger partial charge on any atom is -0.373 e. The first-order valence-electron chi connectivity index (χ1n) is 9.39. The molecule has 4 heterocycles. The van der Waals surface area contributed by atoms with Gasteiger partial charge in [-0.3, -0.25) is 9.59 Å². The van der Waals surface area contributed by atoms with Crippen molar-refractivity contribution in [3.8, 4) is 0 Å². The zero-order valence-electron chi connectivity index (χ0n) is 16.0. The number of pyridine rings is 2. The normalized spacial score (nSPS) is 16.0. The van der Waals surface area contributed by atoms with Crippen LogP contribution in [0.1, 0.15) is 27.7 Å². The van der Waals surface area contributed by atoms with E-state index in [1.807, 2.05) is 28.8 Å². The molecule has 152 valence electrons. The number of fused-ring (bicyclic) bond motifs is 4. The molecule has 1 aliphatic rings. The molecular formula is C22H17F2N3O3. The predicted octanol–water partition coefficient (Wildman–Crippen LogP) is 3.40. The first kappa shape index (κ1) is 18.5. The van der Waals surface area contributed by atoms with Gasteiger partial charge in [-0.15, -0.1) is 0 Å². The highest BCUT2D eigenvalue weighted by atomic mass is 19.2. The summed E-state index contributed by atoms with van der Waals surface area (Å²) in [6.45, 7) is 0.289. The number of hydrogen-bond acceptors (Lipinski definition) is 3. The van der Waals surface area contributed by atoms with Crippen LogP contribution in [0.4, 0.5) is 8.78 Å². The van der Waals surface area contributed by atoms with Gasteiger partial charge in [0.2, 0.25) is 0 Å². The summed E-state index contributed by atoms with van der Waals surface area (Å²) in [7, 11) is 1.63. The third-order valence-electron chi connectivity index (χ3n) is 5.58. The number of aromatic amines is 1. The smallest absolute Gasteiger partial charge is 0.256 e. The Morgan fingerprint density at radius 1 is 1.20 bits per heavy atom. The highest BCUT2D eigenvalue weighted by molar-refractivity contribution is 5.96. The molecule has 0 bridgehead atoms. The van der Waals surface area contributed by atoms with Crippen LogP contribution in [0, 0.1) is 11.6 Å². The lowest BCUT2D eigenvalue weighted by atomic mass is 9.95. The predicted molar refractivity (Wildman–Crippen MR) is 106 cm³/mol. The summed E-state index contributed by atoms with van der Waals surface area (Å²) in [6, 6.07) is 8.75. The second kappa shape index (κ2) is 6.77. The van der Waals surface area contributed by atoms with Crippen LogP contribution in [0.5, 0.6) is 0 Å². The van der Waals surface area contributed by atoms with Crippen molar-refractivity contribution in [2.75, 3.05) is 13.7 Å². The van der Waals surface area contributed by atoms with E-state index < -0.39 is 23.2 Å². The maximum Gasteiger partial charge on any atom is 0.256 e. The van der Waals surface area contributed by atoms with Crippen LogP contribution in [0.15, 0.2) is 53.6 Å². The molecule has 30 heavy (non-hydrogen) atoms. The van der Waals surface area contributed by atoms with Crippen LogP contribution in [0.2, 0.25) is 0 Å². The topological polar surface area (TPSA) is 66.8 Å². The number of ether oxygens (including phenoxy) is 1. The molecule has 0 saturated carbocycles. The molecule has 5 rings (SSSR count). The van der Waals surface area contributed by atoms with Gasteiger partial charge in [0, 0.05) is 36.2 Å². The van der Waals surface area contributed by atoms with Crippen LogP contribution >= 0.6 is 0 Å². The fourth-order valence-corrected chi connectivity index (χ4v) is 4.07. The van der Waals surface area contributed by atoms with Crippen LogP contribution < -0.4 is 5.56 Å². The number of nitrogens with one attached hydrogen (secondary N) is 1. The molecule has 1 amide bonds. The molecular weight excluding hydrogens is 392 g/mol. The molecule has 1 N–H and O–H groups in total. The Morgan fingerprint density at radius 3 is 2.73 bits per heavy atom. The van der Waals surface area contributed by atoms with Gasteiger partial charge in [0.15, 0.2) is 11.6 Å². The Morgan fingerprint density at radius 2 is 1.97 bits per heavy atom. The first-order chi connectivity index (χ1) is 14.4. The largest absolute Gasteiger partial charge is 0.373 e. The number of carbonyl (C=O) groups excluding carboxylic acids is 1. The average Bonchev–Trinajstić information content (AvgIpc) is 3.18. The summed E-state index contributed by atoms with van der Waals surface area (Å²) in [5.74, 6) is -2.39. The van der Waals surface area contributed by atoms with Gasteiger partial charge in [-0.2, -0.15) is 0 Å². The summed E-state index contributed by atoms with van der Waals surface area (Å²) < 4.78 is 35.2. The Balaban J connectivity index is 1.63. The van der Waals surface area contributed by atoms with Crippen LogP contribution in [0.25, 0.3) is 16.3 Å². The Kier molecular flexibility index (Phi) is 4.18. The number of halogens is 2. The zero-order valence-corrected chi connectivity index (χ0v) is 16.0. The fourth-order valence-electron chi connectivity index (χ4n) is 4.07. The van der Waals surface area contributed by atoms with Crippen LogP contribution in [0.3, 0.4) is 0 Å². The maximum atomic E-state index is 14.0. The van der Waals surface area contributed by atoms with Crippen molar-refractivity contribution in [3.05, 3.63) is 87.6 Å². The number of aromatic nitrogens is 2. The summed E-state index contributed by atoms with van der Waals surface area (Å²) in [6.07, 6.45) is 3.58. The molecule has 8 heteroatoms. The summed E-state index contributed by atoms with van der Waals surface area (Å²) >= 11 is 0. The average molecular weight is 409 g/mol. The SMILES string of the molecule is CN(C(=O)c1cc2ccccn2c1)[C@@H]1COCc2[nH]c(=O)c3cc(F)c(F)cc3c21. The molecule has 0 radical (unpaired) electrons. The van der Waals surface area contributed by atoms with Gasteiger partial charge < -0.3 is 19.0 Å². The number of amides is 1. The van der Waals surface area contributed by atoms with Gasteiger partial charge in [0.1, 0.15) is 0 Å². The van der Waals surface area contributed by atoms with Crippen LogP contribution in [-0.2, 0) is 11.3 Å². The van der Waals surface area contributed by atoms with Gasteiger partial charge in [-0.05, 0) is 35.7 Å². The van der Waals surface area contributed by atoms with E-state index >= 15 is 0 Å². The third kappa shape index (κ3) is 2.80. The summed E-state index contributed by atoms with van der Waals surface area (Å²) in [4.78, 5) is 29.8. The Bertz CT molecular complexity index is 1340. The molecule has 1 atom stereocenters. The molecule has 0 saturated heterocycles. The number of likely N-dealkylation sites (N-methyl/N-ethyl adjacent to an activating group) is 1. The highest BCUT2D eigenvalue weighted by Crippen LogP contribution is 2.34. The molecule has 3 aromatic heterocycles. The van der Waals surface area contributed by atoms with E-state index in [1.54, 1.807) is 19.3 Å². The number of benzene rings is 1. The van der Waals surface area contributed by atoms with Crippen molar-refractivity contribution in [3.63, 3.8) is 0 Å². The van der Waals surface area contributed by atoms with Crippen molar-refractivity contribution in [2.24, 2.45) is 0 Å². The standard InChI is InChI=1S/C22H17F2N3O3/c1-26(22(29)12-6-13-4-2-3-5-27(13)9-12)19-11-30-10-18-20(19)14-7-16(23)17(24)8-15(14)21(28)25-18/h2-9,19H,10-11H2,1H3,(H,25,28)/t19-/m1/s1. The van der Waals surface area contributed by atoms with Gasteiger partial charge in [0.05, 0.1) is 30.2 Å². The van der Waals surface area contributed by atoms with E-state index in [-0.39, 0.29) is 29.9 Å². The molecule has 6 nitrogen and oxygen atoms in total. The van der Waals surface area contributed by atoms with Crippen LogP contribution in [-0.4, -0.2) is 33.8 Å². The molecule has 4 aromatic rings. The van der Waals surface area contributed by atoms with Crippen molar-refractivity contribution in [1.29, 1.82) is 0 Å². The molecule has 0 unspecified atom stereocenters. The van der Waals surface area contributed by atoms with Crippen molar-refractivity contribution in [1.82, 2.24) is 14.3 Å². The minimum atomic E-state index is -1.10. The molecule has 0 aliphatic carbocycles. The lowest BCUT2D eigenvalue weighted by Crippen LogP contribution is -2.37. The molecule has 1 aliphatic heterocycles. The van der Waals surface area contributed by atoms with E-state index in [2.05, 4.69) is 4.98 Å². The first-order valence-corrected chi connectivity index (χ1v) is 9.39. The minimum absolute atomic E-state index is 0.0370. The molecule has 1 aromatic carbocycles. The van der Waals surface area contributed by atoms with Gasteiger partial charge >= 0.3 is 0 Å². The second-order valence-electron chi connectivity index (χ2n) is 7.37.